The van der Waals surface area contributed by atoms with Crippen LogP contribution in [0.1, 0.15) is 0 Å². The summed E-state index contributed by atoms with van der Waals surface area (Å²) >= 11 is 0. The maximum Gasteiger partial charge on any atom is 0 e. The summed E-state index contributed by atoms with van der Waals surface area (Å²) in [5, 5.41) is 0. The predicted octanol–water partition coefficient (Wildman–Crippen LogP) is -1.21. The van der Waals surface area contributed by atoms with Crippen LogP contribution >= 0.6 is 0 Å². The molecule has 0 saturated carbocycles. The maximum atomic E-state index is 0. The van der Waals surface area contributed by atoms with Crippen molar-refractivity contribution in [2.24, 2.45) is 0 Å². The molecule has 0 bridgehead atoms. The molecule has 0 amide bonds. The number of rotatable bonds is 0. The fourth-order valence-electron chi connectivity index (χ4n) is 0. The third-order valence-corrected chi connectivity index (χ3v) is 0. The summed E-state index contributed by atoms with van der Waals surface area (Å²) in [5.41, 5.74) is 0. The van der Waals surface area contributed by atoms with E-state index in [9.17, 15) is 0 Å². The van der Waals surface area contributed by atoms with Crippen molar-refractivity contribution in [1.82, 2.24) is 0 Å². The van der Waals surface area contributed by atoms with Gasteiger partial charge in [-0.15, -0.1) is 0 Å². The zero-order chi connectivity index (χ0) is 0. The van der Waals surface area contributed by atoms with Crippen molar-refractivity contribution in [3.8, 4) is 0 Å². The Morgan fingerprint density at radius 2 is 1.00 bits per heavy atom. The van der Waals surface area contributed by atoms with Crippen LogP contribution in [0.3, 0.4) is 0 Å². The molecule has 0 atom stereocenters. The average molecular weight is 376 g/mol. The van der Waals surface area contributed by atoms with E-state index in [4.69, 9.17) is 0 Å². The van der Waals surface area contributed by atoms with Gasteiger partial charge < -0.3 is 5.48 Å². The SMILES string of the molecule is O.[Ba].[Cu].[Gd]. The van der Waals surface area contributed by atoms with E-state index in [1.807, 2.05) is 0 Å². The van der Waals surface area contributed by atoms with E-state index < -0.39 is 0 Å². The largest absolute Gasteiger partial charge is 0.412 e. The third kappa shape index (κ3) is 9.03. The molecule has 0 fully saturated rings. The minimum Gasteiger partial charge on any atom is -0.412 e. The molecule has 0 saturated heterocycles. The van der Waals surface area contributed by atoms with Crippen LogP contribution in [0.25, 0.3) is 0 Å². The van der Waals surface area contributed by atoms with Crippen LogP contribution in [0.2, 0.25) is 0 Å². The van der Waals surface area contributed by atoms with Crippen molar-refractivity contribution < 1.29 is 62.5 Å². The van der Waals surface area contributed by atoms with Gasteiger partial charge in [-0.2, -0.15) is 0 Å². The topological polar surface area (TPSA) is 31.5 Å². The number of hydrogen-bond donors (Lipinski definition) is 0. The molecule has 1 nitrogen and oxygen atoms in total. The summed E-state index contributed by atoms with van der Waals surface area (Å²) < 4.78 is 0. The molecule has 29 valence electrons. The molecule has 0 aromatic heterocycles. The molecule has 0 aliphatic heterocycles. The van der Waals surface area contributed by atoms with Gasteiger partial charge in [0.1, 0.15) is 0 Å². The second kappa shape index (κ2) is 16.2. The van der Waals surface area contributed by atoms with Crippen LogP contribution in [-0.2, 0) is 17.1 Å². The Morgan fingerprint density at radius 3 is 1.00 bits per heavy atom. The second-order valence-corrected chi connectivity index (χ2v) is 0. The zero-order valence-corrected chi connectivity index (χ0v) is 9.51. The fraction of sp³-hybridized carbons (Fsp3) is 0. The molecule has 3 radical (unpaired) electrons. The van der Waals surface area contributed by atoms with Crippen LogP contribution < -0.4 is 0 Å². The summed E-state index contributed by atoms with van der Waals surface area (Å²) in [6.45, 7) is 0. The first kappa shape index (κ1) is 26.3. The minimum absolute atomic E-state index is 0. The molecule has 4 heteroatoms. The molecule has 0 rings (SSSR count). The van der Waals surface area contributed by atoms with E-state index in [0.29, 0.717) is 0 Å². The second-order valence-electron chi connectivity index (χ2n) is 0. The molecule has 0 unspecified atom stereocenters. The van der Waals surface area contributed by atoms with Gasteiger partial charge in [0.2, 0.25) is 0 Å². The predicted molar refractivity (Wildman–Crippen MR) is 9.37 cm³/mol. The van der Waals surface area contributed by atoms with Crippen molar-refractivity contribution in [2.45, 2.75) is 0 Å². The summed E-state index contributed by atoms with van der Waals surface area (Å²) in [4.78, 5) is 0. The summed E-state index contributed by atoms with van der Waals surface area (Å²) in [5.74, 6) is 0. The maximum absolute atomic E-state index is 0. The Labute approximate surface area is 108 Å². The summed E-state index contributed by atoms with van der Waals surface area (Å²) in [6.07, 6.45) is 0. The molecule has 0 aromatic carbocycles. The Morgan fingerprint density at radius 1 is 1.00 bits per heavy atom. The summed E-state index contributed by atoms with van der Waals surface area (Å²) in [6, 6.07) is 0. The minimum atomic E-state index is 0. The van der Waals surface area contributed by atoms with E-state index in [1.54, 1.807) is 0 Å². The van der Waals surface area contributed by atoms with Crippen molar-refractivity contribution in [3.63, 3.8) is 0 Å². The van der Waals surface area contributed by atoms with E-state index in [0.717, 1.165) is 0 Å². The van der Waals surface area contributed by atoms with Gasteiger partial charge in [0.05, 0.1) is 0 Å². The molecule has 0 heterocycles. The molecule has 4 heavy (non-hydrogen) atoms. The van der Waals surface area contributed by atoms with Gasteiger partial charge in [-0.05, 0) is 0 Å². The van der Waals surface area contributed by atoms with Gasteiger partial charge in [0.25, 0.3) is 0 Å². The quantitative estimate of drug-likeness (QED) is 0.476. The van der Waals surface area contributed by atoms with Crippen LogP contribution in [0.15, 0.2) is 0 Å². The Hall–Kier alpha value is 3.38. The van der Waals surface area contributed by atoms with Crippen LogP contribution in [0.4, 0.5) is 0 Å². The molecular formula is H2BaCuGdO. The standard InChI is InChI=1S/Ba.Cu.Gd.H2O/h;;;1H2. The Kier molecular flexibility index (Phi) is 106. The van der Waals surface area contributed by atoms with Crippen molar-refractivity contribution in [3.05, 3.63) is 0 Å². The number of hydrogen-bond acceptors (Lipinski definition) is 0. The van der Waals surface area contributed by atoms with Gasteiger partial charge in [-0.1, -0.05) is 0 Å². The molecule has 2 N–H and O–H groups in total. The van der Waals surface area contributed by atoms with Gasteiger partial charge in [0, 0.05) is 106 Å². The van der Waals surface area contributed by atoms with E-state index in [2.05, 4.69) is 0 Å². The molecule has 0 spiro atoms. The van der Waals surface area contributed by atoms with Gasteiger partial charge >= 0.3 is 0 Å². The smallest absolute Gasteiger partial charge is 0 e. The first-order chi connectivity index (χ1) is 0. The van der Waals surface area contributed by atoms with Crippen molar-refractivity contribution in [1.29, 1.82) is 0 Å². The molecule has 0 aliphatic carbocycles. The van der Waals surface area contributed by atoms with E-state index >= 15 is 0 Å². The van der Waals surface area contributed by atoms with E-state index in [1.165, 1.54) is 0 Å². The zero-order valence-electron chi connectivity index (χ0n) is 1.86. The van der Waals surface area contributed by atoms with Gasteiger partial charge in [-0.3, -0.25) is 0 Å². The van der Waals surface area contributed by atoms with Gasteiger partial charge in [0.15, 0.2) is 0 Å². The van der Waals surface area contributed by atoms with Crippen molar-refractivity contribution in [2.75, 3.05) is 0 Å². The normalized spacial score (nSPS) is 0. The van der Waals surface area contributed by atoms with Crippen molar-refractivity contribution >= 4 is 48.9 Å². The third-order valence-electron chi connectivity index (χ3n) is 0. The summed E-state index contributed by atoms with van der Waals surface area (Å²) in [7, 11) is 0. The Balaban J connectivity index is 0. The fourth-order valence-corrected chi connectivity index (χ4v) is 0. The first-order valence-corrected chi connectivity index (χ1v) is 0. The molecule has 0 aliphatic rings. The van der Waals surface area contributed by atoms with Gasteiger partial charge in [-0.25, -0.2) is 0 Å². The first-order valence-electron chi connectivity index (χ1n) is 0. The molecule has 0 aromatic rings. The van der Waals surface area contributed by atoms with Crippen LogP contribution in [-0.4, -0.2) is 54.4 Å². The average Bonchev–Trinajstić information content (AvgIpc) is 0. The molecular weight excluding hydrogens is 374 g/mol. The Bertz CT molecular complexity index is 8.00. The monoisotopic (exact) mass is 377 g/mol. The van der Waals surface area contributed by atoms with E-state index in [-0.39, 0.29) is 111 Å². The van der Waals surface area contributed by atoms with Crippen LogP contribution in [0.5, 0.6) is 0 Å². The van der Waals surface area contributed by atoms with Crippen LogP contribution in [0, 0.1) is 39.9 Å².